The number of rotatable bonds is 6. The zero-order chi connectivity index (χ0) is 17.4. The molecular formula is C20H20NO4. The van der Waals surface area contributed by atoms with Crippen LogP contribution in [0.4, 0.5) is 0 Å². The number of hydrogen-bond acceptors (Lipinski definition) is 4. The SMILES string of the molecule is COc1ccc(-c2cccc3c2CNC3=O)c(OC[C]2CC2)c1OC. The average Bonchev–Trinajstić information content (AvgIpc) is 3.40. The van der Waals surface area contributed by atoms with Gasteiger partial charge in [0.05, 0.1) is 20.8 Å². The van der Waals surface area contributed by atoms with Crippen LogP contribution in [-0.2, 0) is 6.54 Å². The van der Waals surface area contributed by atoms with E-state index in [4.69, 9.17) is 14.2 Å². The molecule has 0 spiro atoms. The molecule has 0 unspecified atom stereocenters. The molecule has 4 rings (SSSR count). The minimum absolute atomic E-state index is 0.0340. The number of fused-ring (bicyclic) bond motifs is 1. The Labute approximate surface area is 146 Å². The van der Waals surface area contributed by atoms with Gasteiger partial charge in [0, 0.05) is 23.6 Å². The molecule has 5 heteroatoms. The largest absolute Gasteiger partial charge is 0.493 e. The number of carbonyl (C=O) groups excluding carboxylic acids is 1. The van der Waals surface area contributed by atoms with E-state index in [2.05, 4.69) is 5.32 Å². The van der Waals surface area contributed by atoms with Gasteiger partial charge in [-0.15, -0.1) is 0 Å². The standard InChI is InChI=1S/C20H20NO4/c1-23-17-9-8-14(18(19(17)24-2)25-11-12-6-7-12)13-4-3-5-15-16(13)10-21-20(15)22/h3-5,8-9H,6-7,10-11H2,1-2H3,(H,21,22). The van der Waals surface area contributed by atoms with Crippen molar-refractivity contribution in [3.8, 4) is 28.4 Å². The second-order valence-corrected chi connectivity index (χ2v) is 6.23. The second-order valence-electron chi connectivity index (χ2n) is 6.23. The van der Waals surface area contributed by atoms with E-state index < -0.39 is 0 Å². The van der Waals surface area contributed by atoms with Gasteiger partial charge in [-0.2, -0.15) is 0 Å². The fraction of sp³-hybridized carbons (Fsp3) is 0.300. The molecule has 1 radical (unpaired) electrons. The van der Waals surface area contributed by atoms with Crippen LogP contribution in [0.5, 0.6) is 17.2 Å². The molecule has 0 aromatic heterocycles. The summed E-state index contributed by atoms with van der Waals surface area (Å²) in [5, 5.41) is 2.89. The van der Waals surface area contributed by atoms with Crippen molar-refractivity contribution in [2.75, 3.05) is 20.8 Å². The predicted molar refractivity (Wildman–Crippen MR) is 94.1 cm³/mol. The summed E-state index contributed by atoms with van der Waals surface area (Å²) in [5.74, 6) is 3.23. The van der Waals surface area contributed by atoms with Gasteiger partial charge in [0.2, 0.25) is 5.75 Å². The highest BCUT2D eigenvalue weighted by molar-refractivity contribution is 6.01. The molecule has 1 amide bonds. The molecule has 1 aliphatic heterocycles. The van der Waals surface area contributed by atoms with Crippen LogP contribution in [0.2, 0.25) is 0 Å². The van der Waals surface area contributed by atoms with Gasteiger partial charge in [-0.1, -0.05) is 12.1 Å². The minimum atomic E-state index is -0.0340. The lowest BCUT2D eigenvalue weighted by Gasteiger charge is -2.19. The van der Waals surface area contributed by atoms with E-state index in [1.165, 1.54) is 5.92 Å². The van der Waals surface area contributed by atoms with Crippen molar-refractivity contribution < 1.29 is 19.0 Å². The van der Waals surface area contributed by atoms with Crippen molar-refractivity contribution in [1.82, 2.24) is 5.32 Å². The third kappa shape index (κ3) is 2.80. The molecule has 1 N–H and O–H groups in total. The summed E-state index contributed by atoms with van der Waals surface area (Å²) in [6.07, 6.45) is 2.25. The Kier molecular flexibility index (Phi) is 3.99. The zero-order valence-electron chi connectivity index (χ0n) is 14.3. The Balaban J connectivity index is 1.85. The molecule has 5 nitrogen and oxygen atoms in total. The molecule has 1 heterocycles. The molecule has 2 aromatic carbocycles. The number of ether oxygens (including phenoxy) is 3. The third-order valence-electron chi connectivity index (χ3n) is 4.66. The van der Waals surface area contributed by atoms with Gasteiger partial charge in [0.15, 0.2) is 11.5 Å². The van der Waals surface area contributed by atoms with E-state index in [1.807, 2.05) is 30.3 Å². The van der Waals surface area contributed by atoms with Crippen LogP contribution >= 0.6 is 0 Å². The number of carbonyl (C=O) groups is 1. The summed E-state index contributed by atoms with van der Waals surface area (Å²) in [6.45, 7) is 1.11. The lowest BCUT2D eigenvalue weighted by Crippen LogP contribution is -2.12. The van der Waals surface area contributed by atoms with Gasteiger partial charge in [-0.05, 0) is 42.2 Å². The van der Waals surface area contributed by atoms with Crippen LogP contribution in [0, 0.1) is 5.92 Å². The maximum atomic E-state index is 12.0. The Morgan fingerprint density at radius 1 is 0.960 bits per heavy atom. The Hall–Kier alpha value is -2.69. The van der Waals surface area contributed by atoms with Crippen molar-refractivity contribution in [3.05, 3.63) is 47.4 Å². The van der Waals surface area contributed by atoms with Crippen LogP contribution < -0.4 is 19.5 Å². The second kappa shape index (κ2) is 6.31. The van der Waals surface area contributed by atoms with Gasteiger partial charge >= 0.3 is 0 Å². The predicted octanol–water partition coefficient (Wildman–Crippen LogP) is 3.36. The van der Waals surface area contributed by atoms with Crippen molar-refractivity contribution in [3.63, 3.8) is 0 Å². The Bertz CT molecular complexity index is 827. The first-order chi connectivity index (χ1) is 12.2. The molecule has 1 fully saturated rings. The van der Waals surface area contributed by atoms with Gasteiger partial charge in [0.25, 0.3) is 5.91 Å². The van der Waals surface area contributed by atoms with Crippen molar-refractivity contribution in [2.45, 2.75) is 19.4 Å². The smallest absolute Gasteiger partial charge is 0.251 e. The maximum absolute atomic E-state index is 12.0. The number of benzene rings is 2. The highest BCUT2D eigenvalue weighted by Crippen LogP contribution is 2.47. The monoisotopic (exact) mass is 338 g/mol. The van der Waals surface area contributed by atoms with Crippen LogP contribution in [0.25, 0.3) is 11.1 Å². The van der Waals surface area contributed by atoms with Crippen molar-refractivity contribution in [2.24, 2.45) is 0 Å². The lowest BCUT2D eigenvalue weighted by atomic mass is 9.95. The first-order valence-electron chi connectivity index (χ1n) is 8.34. The number of hydrogen-bond donors (Lipinski definition) is 1. The molecule has 0 saturated heterocycles. The highest BCUT2D eigenvalue weighted by Gasteiger charge is 2.28. The molecule has 1 aliphatic carbocycles. The number of methoxy groups -OCH3 is 2. The van der Waals surface area contributed by atoms with E-state index in [-0.39, 0.29) is 5.91 Å². The van der Waals surface area contributed by atoms with Crippen LogP contribution in [0.15, 0.2) is 30.3 Å². The summed E-state index contributed by atoms with van der Waals surface area (Å²) in [7, 11) is 3.22. The first kappa shape index (κ1) is 15.8. The zero-order valence-corrected chi connectivity index (χ0v) is 14.3. The summed E-state index contributed by atoms with van der Waals surface area (Å²) >= 11 is 0. The van der Waals surface area contributed by atoms with E-state index in [9.17, 15) is 4.79 Å². The molecule has 0 bridgehead atoms. The number of nitrogens with one attached hydrogen (secondary N) is 1. The fourth-order valence-corrected chi connectivity index (χ4v) is 3.17. The summed E-state index contributed by atoms with van der Waals surface area (Å²) in [5.41, 5.74) is 3.60. The Morgan fingerprint density at radius 3 is 2.48 bits per heavy atom. The van der Waals surface area contributed by atoms with Crippen LogP contribution in [0.1, 0.15) is 28.8 Å². The quantitative estimate of drug-likeness (QED) is 0.877. The average molecular weight is 338 g/mol. The summed E-state index contributed by atoms with van der Waals surface area (Å²) < 4.78 is 17.1. The molecular weight excluding hydrogens is 318 g/mol. The van der Waals surface area contributed by atoms with Crippen LogP contribution in [-0.4, -0.2) is 26.7 Å². The van der Waals surface area contributed by atoms with Crippen molar-refractivity contribution in [1.29, 1.82) is 0 Å². The van der Waals surface area contributed by atoms with Gasteiger partial charge in [-0.25, -0.2) is 0 Å². The topological polar surface area (TPSA) is 56.8 Å². The van der Waals surface area contributed by atoms with E-state index in [0.29, 0.717) is 30.4 Å². The van der Waals surface area contributed by atoms with Gasteiger partial charge < -0.3 is 19.5 Å². The molecule has 1 saturated carbocycles. The molecule has 25 heavy (non-hydrogen) atoms. The third-order valence-corrected chi connectivity index (χ3v) is 4.66. The van der Waals surface area contributed by atoms with Gasteiger partial charge in [-0.3, -0.25) is 4.79 Å². The van der Waals surface area contributed by atoms with E-state index in [0.717, 1.165) is 35.1 Å². The molecule has 2 aliphatic rings. The summed E-state index contributed by atoms with van der Waals surface area (Å²) in [6, 6.07) is 9.59. The van der Waals surface area contributed by atoms with Crippen LogP contribution in [0.3, 0.4) is 0 Å². The highest BCUT2D eigenvalue weighted by atomic mass is 16.5. The number of amides is 1. The molecule has 0 atom stereocenters. The molecule has 2 aromatic rings. The maximum Gasteiger partial charge on any atom is 0.251 e. The van der Waals surface area contributed by atoms with E-state index in [1.54, 1.807) is 14.2 Å². The fourth-order valence-electron chi connectivity index (χ4n) is 3.17. The Morgan fingerprint density at radius 2 is 1.76 bits per heavy atom. The van der Waals surface area contributed by atoms with E-state index >= 15 is 0 Å². The first-order valence-corrected chi connectivity index (χ1v) is 8.34. The molecule has 129 valence electrons. The summed E-state index contributed by atoms with van der Waals surface area (Å²) in [4.78, 5) is 12.0. The minimum Gasteiger partial charge on any atom is -0.493 e. The van der Waals surface area contributed by atoms with Gasteiger partial charge in [0.1, 0.15) is 0 Å². The normalized spacial score (nSPS) is 15.5. The lowest BCUT2D eigenvalue weighted by molar-refractivity contribution is 0.0966. The van der Waals surface area contributed by atoms with Crippen molar-refractivity contribution >= 4 is 5.91 Å².